The quantitative estimate of drug-likeness (QED) is 0.135. The first kappa shape index (κ1) is 32.4. The molecule has 3 aromatic carbocycles. The number of ether oxygens (including phenoxy) is 3. The minimum Gasteiger partial charge on any atom is -0.507 e. The van der Waals surface area contributed by atoms with E-state index in [0.717, 1.165) is 5.57 Å². The fourth-order valence-corrected chi connectivity index (χ4v) is 4.55. The van der Waals surface area contributed by atoms with Gasteiger partial charge in [0.2, 0.25) is 0 Å². The Kier molecular flexibility index (Phi) is 9.85. The topological polar surface area (TPSA) is 112 Å². The molecular weight excluding hydrogens is 584 g/mol. The third kappa shape index (κ3) is 7.68. The van der Waals surface area contributed by atoms with Crippen molar-refractivity contribution in [3.8, 4) is 17.2 Å². The van der Waals surface area contributed by atoms with E-state index in [9.17, 15) is 19.5 Å². The van der Waals surface area contributed by atoms with Gasteiger partial charge in [-0.25, -0.2) is 4.79 Å². The second kappa shape index (κ2) is 13.4. The highest BCUT2D eigenvalue weighted by atomic mass is 35.5. The highest BCUT2D eigenvalue weighted by molar-refractivity contribution is 6.30. The molecule has 0 unspecified atom stereocenters. The van der Waals surface area contributed by atoms with Crippen LogP contribution in [0.5, 0.6) is 17.2 Å². The molecule has 230 valence electrons. The number of fused-ring (bicyclic) bond motifs is 2. The number of aryl methyl sites for hydroxylation is 1. The van der Waals surface area contributed by atoms with E-state index in [-0.39, 0.29) is 28.5 Å². The SMILES string of the molecule is CC(C)OC(=O)C(C)(C)Oc1ccc(C(=O)c2ccc(Cl)cc2)cc1.CC1=CCc2c(cc3oc(C)cc(=O)c3c2O)OC1. The average Bonchev–Trinajstić information content (AvgIpc) is 3.14. The Bertz CT molecular complexity index is 1760. The number of esters is 1. The lowest BCUT2D eigenvalue weighted by Crippen LogP contribution is -2.40. The van der Waals surface area contributed by atoms with E-state index in [2.05, 4.69) is 0 Å². The molecule has 0 saturated carbocycles. The number of ketones is 1. The number of carbonyl (C=O) groups is 2. The molecular formula is C35H35ClO8. The van der Waals surface area contributed by atoms with Gasteiger partial charge in [-0.15, -0.1) is 0 Å². The van der Waals surface area contributed by atoms with E-state index in [1.54, 1.807) is 89.2 Å². The van der Waals surface area contributed by atoms with Crippen molar-refractivity contribution in [2.45, 2.75) is 59.7 Å². The summed E-state index contributed by atoms with van der Waals surface area (Å²) in [7, 11) is 0. The molecule has 0 bridgehead atoms. The lowest BCUT2D eigenvalue weighted by atomic mass is 10.0. The van der Waals surface area contributed by atoms with Gasteiger partial charge in [-0.3, -0.25) is 9.59 Å². The van der Waals surface area contributed by atoms with Crippen LogP contribution in [0.2, 0.25) is 5.02 Å². The zero-order chi connectivity index (χ0) is 32.2. The molecule has 5 rings (SSSR count). The van der Waals surface area contributed by atoms with Crippen LogP contribution in [0.4, 0.5) is 0 Å². The minimum absolute atomic E-state index is 0.0350. The number of hydrogen-bond acceptors (Lipinski definition) is 8. The molecule has 44 heavy (non-hydrogen) atoms. The Labute approximate surface area is 260 Å². The summed E-state index contributed by atoms with van der Waals surface area (Å²) in [6, 6.07) is 16.4. The Morgan fingerprint density at radius 2 is 1.59 bits per heavy atom. The van der Waals surface area contributed by atoms with E-state index >= 15 is 0 Å². The summed E-state index contributed by atoms with van der Waals surface area (Å²) < 4.78 is 22.0. The molecule has 2 heterocycles. The van der Waals surface area contributed by atoms with Crippen LogP contribution in [0.1, 0.15) is 61.9 Å². The van der Waals surface area contributed by atoms with Gasteiger partial charge in [0, 0.05) is 33.8 Å². The number of carbonyl (C=O) groups excluding carboxylic acids is 2. The fourth-order valence-electron chi connectivity index (χ4n) is 4.43. The summed E-state index contributed by atoms with van der Waals surface area (Å²) in [5, 5.41) is 11.1. The third-order valence-corrected chi connectivity index (χ3v) is 6.97. The number of rotatable bonds is 6. The smallest absolute Gasteiger partial charge is 0.350 e. The van der Waals surface area contributed by atoms with Crippen LogP contribution in [0.25, 0.3) is 11.0 Å². The van der Waals surface area contributed by atoms with Crippen LogP contribution >= 0.6 is 11.6 Å². The zero-order valence-electron chi connectivity index (χ0n) is 25.5. The van der Waals surface area contributed by atoms with Gasteiger partial charge in [0.1, 0.15) is 40.6 Å². The number of halogens is 1. The molecule has 8 nitrogen and oxygen atoms in total. The van der Waals surface area contributed by atoms with E-state index in [0.29, 0.717) is 57.6 Å². The molecule has 0 radical (unpaired) electrons. The van der Waals surface area contributed by atoms with Crippen molar-refractivity contribution in [3.05, 3.63) is 110 Å². The number of benzene rings is 3. The molecule has 1 aliphatic rings. The maximum absolute atomic E-state index is 12.4. The van der Waals surface area contributed by atoms with Gasteiger partial charge in [-0.1, -0.05) is 17.7 Å². The predicted molar refractivity (Wildman–Crippen MR) is 169 cm³/mol. The predicted octanol–water partition coefficient (Wildman–Crippen LogP) is 7.37. The van der Waals surface area contributed by atoms with E-state index in [4.69, 9.17) is 30.2 Å². The normalized spacial score (nSPS) is 12.7. The first-order valence-corrected chi connectivity index (χ1v) is 14.5. The summed E-state index contributed by atoms with van der Waals surface area (Å²) in [4.78, 5) is 36.5. The van der Waals surface area contributed by atoms with Crippen molar-refractivity contribution in [2.75, 3.05) is 6.61 Å². The maximum Gasteiger partial charge on any atom is 0.350 e. The maximum atomic E-state index is 12.4. The van der Waals surface area contributed by atoms with E-state index in [1.807, 2.05) is 13.0 Å². The number of phenolic OH excluding ortho intramolecular Hbond substituents is 1. The highest BCUT2D eigenvalue weighted by Crippen LogP contribution is 2.37. The van der Waals surface area contributed by atoms with Crippen molar-refractivity contribution in [3.63, 3.8) is 0 Å². The molecule has 0 amide bonds. The molecule has 1 N–H and O–H groups in total. The molecule has 0 spiro atoms. The van der Waals surface area contributed by atoms with Crippen LogP contribution in [-0.2, 0) is 16.0 Å². The standard InChI is InChI=1S/C20H21ClO4.C15H14O4/c1-13(2)24-19(23)20(3,4)25-17-11-7-15(8-12-17)18(22)14-5-9-16(21)10-6-14;1-8-3-4-10-12(18-7-8)6-13-14(15(10)17)11(16)5-9(2)19-13/h5-13H,1-4H3;3,5-6,17H,4,7H2,1-2H3. The van der Waals surface area contributed by atoms with Gasteiger partial charge >= 0.3 is 5.97 Å². The molecule has 0 aliphatic carbocycles. The van der Waals surface area contributed by atoms with Gasteiger partial charge in [-0.2, -0.15) is 0 Å². The first-order chi connectivity index (χ1) is 20.7. The molecule has 1 aromatic heterocycles. The second-order valence-electron chi connectivity index (χ2n) is 11.3. The van der Waals surface area contributed by atoms with Gasteiger partial charge in [0.05, 0.1) is 6.10 Å². The zero-order valence-corrected chi connectivity index (χ0v) is 26.3. The molecule has 0 saturated heterocycles. The molecule has 1 aliphatic heterocycles. The van der Waals surface area contributed by atoms with Crippen molar-refractivity contribution in [1.29, 1.82) is 0 Å². The summed E-state index contributed by atoms with van der Waals surface area (Å²) in [6.45, 7) is 11.0. The largest absolute Gasteiger partial charge is 0.507 e. The minimum atomic E-state index is -1.12. The monoisotopic (exact) mass is 618 g/mol. The Morgan fingerprint density at radius 3 is 2.20 bits per heavy atom. The van der Waals surface area contributed by atoms with Crippen molar-refractivity contribution in [1.82, 2.24) is 0 Å². The van der Waals surface area contributed by atoms with Gasteiger partial charge in [0.15, 0.2) is 16.8 Å². The lowest BCUT2D eigenvalue weighted by Gasteiger charge is -2.25. The van der Waals surface area contributed by atoms with Crippen molar-refractivity contribution >= 4 is 34.3 Å². The molecule has 0 atom stereocenters. The molecule has 9 heteroatoms. The summed E-state index contributed by atoms with van der Waals surface area (Å²) in [6.07, 6.45) is 2.33. The van der Waals surface area contributed by atoms with Crippen LogP contribution in [0.3, 0.4) is 0 Å². The fraction of sp³-hybridized carbons (Fsp3) is 0.286. The number of phenols is 1. The van der Waals surface area contributed by atoms with Gasteiger partial charge < -0.3 is 23.7 Å². The van der Waals surface area contributed by atoms with Crippen molar-refractivity contribution in [2.24, 2.45) is 0 Å². The van der Waals surface area contributed by atoms with Crippen LogP contribution in [0, 0.1) is 6.92 Å². The van der Waals surface area contributed by atoms with E-state index < -0.39 is 11.6 Å². The van der Waals surface area contributed by atoms with Crippen LogP contribution < -0.4 is 14.9 Å². The van der Waals surface area contributed by atoms with Crippen molar-refractivity contribution < 1.29 is 33.3 Å². The Hall–Kier alpha value is -4.56. The third-order valence-electron chi connectivity index (χ3n) is 6.72. The average molecular weight is 619 g/mol. The Morgan fingerprint density at radius 1 is 0.977 bits per heavy atom. The van der Waals surface area contributed by atoms with Crippen LogP contribution in [0.15, 0.2) is 81.5 Å². The van der Waals surface area contributed by atoms with E-state index in [1.165, 1.54) is 6.07 Å². The summed E-state index contributed by atoms with van der Waals surface area (Å²) >= 11 is 5.84. The number of aromatic hydroxyl groups is 1. The van der Waals surface area contributed by atoms with Crippen LogP contribution in [-0.4, -0.2) is 35.2 Å². The molecule has 4 aromatic rings. The first-order valence-electron chi connectivity index (χ1n) is 14.1. The summed E-state index contributed by atoms with van der Waals surface area (Å²) in [5.41, 5.74) is 1.82. The summed E-state index contributed by atoms with van der Waals surface area (Å²) in [5.74, 6) is 0.989. The van der Waals surface area contributed by atoms with Gasteiger partial charge in [0.25, 0.3) is 0 Å². The molecule has 0 fully saturated rings. The highest BCUT2D eigenvalue weighted by Gasteiger charge is 2.32. The number of hydrogen-bond donors (Lipinski definition) is 1. The lowest BCUT2D eigenvalue weighted by molar-refractivity contribution is -0.163. The number of allylic oxidation sites excluding steroid dienone is 1. The Balaban J connectivity index is 0.000000208. The van der Waals surface area contributed by atoms with Gasteiger partial charge in [-0.05, 0) is 102 Å². The second-order valence-corrected chi connectivity index (χ2v) is 11.7.